The monoisotopic (exact) mass is 216 g/mol. The maximum Gasteiger partial charge on any atom is 0.184 e. The van der Waals surface area contributed by atoms with Crippen LogP contribution < -0.4 is 10.4 Å². The summed E-state index contributed by atoms with van der Waals surface area (Å²) in [6.45, 7) is 0. The molecule has 15 heavy (non-hydrogen) atoms. The molecule has 0 fully saturated rings. The van der Waals surface area contributed by atoms with Gasteiger partial charge in [-0.3, -0.25) is 9.59 Å². The van der Waals surface area contributed by atoms with Gasteiger partial charge in [0.05, 0.1) is 10.8 Å². The van der Waals surface area contributed by atoms with Gasteiger partial charge in [0.15, 0.2) is 11.6 Å². The third-order valence-corrected chi connectivity index (χ3v) is 3.47. The summed E-state index contributed by atoms with van der Waals surface area (Å²) in [5.74, 6) is -0.213. The molecular weight excluding hydrogens is 208 g/mol. The van der Waals surface area contributed by atoms with E-state index in [-0.39, 0.29) is 11.6 Å². The van der Waals surface area contributed by atoms with Crippen LogP contribution in [0.5, 0.6) is 0 Å². The molecule has 0 saturated heterocycles. The molecule has 0 amide bonds. The fourth-order valence-corrected chi connectivity index (χ4v) is 2.60. The summed E-state index contributed by atoms with van der Waals surface area (Å²) in [4.78, 5) is 23.5. The van der Waals surface area contributed by atoms with Crippen molar-refractivity contribution in [1.29, 1.82) is 0 Å². The normalized spacial score (nSPS) is 22.7. The quantitative estimate of drug-likeness (QED) is 0.626. The fraction of sp³-hybridized carbons (Fsp3) is 0.167. The first-order valence-electron chi connectivity index (χ1n) is 4.79. The first kappa shape index (κ1) is 8.92. The smallest absolute Gasteiger partial charge is 0.184 e. The van der Waals surface area contributed by atoms with E-state index in [1.165, 1.54) is 0 Å². The molecule has 0 heterocycles. The zero-order valence-electron chi connectivity index (χ0n) is 7.86. The maximum atomic E-state index is 11.8. The van der Waals surface area contributed by atoms with Gasteiger partial charge in [0.1, 0.15) is 0 Å². The van der Waals surface area contributed by atoms with Gasteiger partial charge in [-0.1, -0.05) is 24.3 Å². The highest BCUT2D eigenvalue weighted by Gasteiger charge is 2.34. The van der Waals surface area contributed by atoms with E-state index in [1.807, 2.05) is 24.3 Å². The van der Waals surface area contributed by atoms with Gasteiger partial charge in [-0.05, 0) is 10.8 Å². The van der Waals surface area contributed by atoms with E-state index >= 15 is 0 Å². The fourth-order valence-electron chi connectivity index (χ4n) is 2.26. The second-order valence-corrected chi connectivity index (χ2v) is 4.30. The molecule has 2 aliphatic carbocycles. The van der Waals surface area contributed by atoms with Crippen molar-refractivity contribution in [2.45, 2.75) is 11.7 Å². The number of Topliss-reactive ketones (excluding diaryl/α,β-unsaturated/α-hetero) is 2. The second-order valence-electron chi connectivity index (χ2n) is 3.78. The van der Waals surface area contributed by atoms with Crippen molar-refractivity contribution in [2.75, 3.05) is 0 Å². The number of rotatable bonds is 0. The van der Waals surface area contributed by atoms with Gasteiger partial charge in [-0.15, -0.1) is 0 Å². The molecule has 0 radical (unpaired) electrons. The summed E-state index contributed by atoms with van der Waals surface area (Å²) in [6, 6.07) is 5.71. The molecule has 0 spiro atoms. The van der Waals surface area contributed by atoms with Gasteiger partial charge in [-0.2, -0.15) is 12.6 Å². The van der Waals surface area contributed by atoms with Crippen LogP contribution in [0.15, 0.2) is 18.2 Å². The summed E-state index contributed by atoms with van der Waals surface area (Å²) in [6.07, 6.45) is 2.21. The topological polar surface area (TPSA) is 34.1 Å². The SMILES string of the molecule is O=C1CC=c2cccc3c2=C1C(=O)C3S. The van der Waals surface area contributed by atoms with Crippen molar-refractivity contribution in [3.8, 4) is 0 Å². The average molecular weight is 216 g/mol. The van der Waals surface area contributed by atoms with E-state index in [2.05, 4.69) is 12.6 Å². The lowest BCUT2D eigenvalue weighted by atomic mass is 9.99. The molecular formula is C12H8O2S. The average Bonchev–Trinajstić information content (AvgIpc) is 2.50. The Hall–Kier alpha value is -1.35. The minimum atomic E-state index is -0.453. The van der Waals surface area contributed by atoms with E-state index in [0.717, 1.165) is 16.0 Å². The minimum Gasteiger partial charge on any atom is -0.294 e. The van der Waals surface area contributed by atoms with Gasteiger partial charge in [0.2, 0.25) is 0 Å². The molecule has 0 N–H and O–H groups in total. The van der Waals surface area contributed by atoms with Crippen molar-refractivity contribution < 1.29 is 9.59 Å². The lowest BCUT2D eigenvalue weighted by molar-refractivity contribution is -0.117. The van der Waals surface area contributed by atoms with Crippen molar-refractivity contribution in [1.82, 2.24) is 0 Å². The zero-order valence-corrected chi connectivity index (χ0v) is 8.75. The molecule has 74 valence electrons. The molecule has 2 aliphatic rings. The Bertz CT molecular complexity index is 613. The third kappa shape index (κ3) is 1.01. The van der Waals surface area contributed by atoms with Crippen LogP contribution in [0.25, 0.3) is 11.6 Å². The first-order chi connectivity index (χ1) is 7.20. The molecule has 1 aromatic rings. The van der Waals surface area contributed by atoms with Crippen molar-refractivity contribution in [2.24, 2.45) is 0 Å². The molecule has 0 aliphatic heterocycles. The largest absolute Gasteiger partial charge is 0.294 e. The Morgan fingerprint density at radius 3 is 2.87 bits per heavy atom. The van der Waals surface area contributed by atoms with Gasteiger partial charge in [0.25, 0.3) is 0 Å². The third-order valence-electron chi connectivity index (χ3n) is 2.95. The molecule has 2 nitrogen and oxygen atoms in total. The molecule has 1 atom stereocenters. The predicted molar refractivity (Wildman–Crippen MR) is 59.9 cm³/mol. The first-order valence-corrected chi connectivity index (χ1v) is 5.30. The molecule has 3 rings (SSSR count). The summed E-state index contributed by atoms with van der Waals surface area (Å²) < 4.78 is 0. The van der Waals surface area contributed by atoms with E-state index < -0.39 is 5.25 Å². The second kappa shape index (κ2) is 2.83. The van der Waals surface area contributed by atoms with E-state index in [4.69, 9.17) is 0 Å². The standard InChI is InChI=1S/C12H8O2S/c13-8-5-4-6-2-1-3-7-9(6)10(8)11(14)12(7)15/h1-4,12,15H,5H2. The highest BCUT2D eigenvalue weighted by molar-refractivity contribution is 7.81. The number of carbonyl (C=O) groups excluding carboxylic acids is 2. The summed E-state index contributed by atoms with van der Waals surface area (Å²) in [7, 11) is 0. The number of benzene rings is 1. The van der Waals surface area contributed by atoms with Crippen LogP contribution in [0, 0.1) is 0 Å². The lowest BCUT2D eigenvalue weighted by Crippen LogP contribution is -2.33. The molecule has 1 aromatic carbocycles. The van der Waals surface area contributed by atoms with Gasteiger partial charge in [0, 0.05) is 11.6 Å². The van der Waals surface area contributed by atoms with Crippen LogP contribution in [-0.4, -0.2) is 11.6 Å². The van der Waals surface area contributed by atoms with Crippen LogP contribution in [0.3, 0.4) is 0 Å². The molecule has 0 aromatic heterocycles. The Kier molecular flexibility index (Phi) is 1.68. The van der Waals surface area contributed by atoms with Crippen LogP contribution in [0.2, 0.25) is 0 Å². The molecule has 1 unspecified atom stereocenters. The Morgan fingerprint density at radius 1 is 1.27 bits per heavy atom. The zero-order chi connectivity index (χ0) is 10.6. The van der Waals surface area contributed by atoms with E-state index in [0.29, 0.717) is 12.0 Å². The molecule has 0 saturated carbocycles. The van der Waals surface area contributed by atoms with Gasteiger partial charge >= 0.3 is 0 Å². The summed E-state index contributed by atoms with van der Waals surface area (Å²) in [5.41, 5.74) is 1.24. The highest BCUT2D eigenvalue weighted by Crippen LogP contribution is 2.28. The minimum absolute atomic E-state index is 0.0727. The number of ketones is 2. The number of hydrogen-bond acceptors (Lipinski definition) is 3. The maximum absolute atomic E-state index is 11.8. The Labute approximate surface area is 91.7 Å². The van der Waals surface area contributed by atoms with Gasteiger partial charge < -0.3 is 0 Å². The Morgan fingerprint density at radius 2 is 2.07 bits per heavy atom. The van der Waals surface area contributed by atoms with E-state index in [9.17, 15) is 9.59 Å². The van der Waals surface area contributed by atoms with Crippen LogP contribution in [-0.2, 0) is 9.59 Å². The van der Waals surface area contributed by atoms with Crippen LogP contribution in [0.4, 0.5) is 0 Å². The lowest BCUT2D eigenvalue weighted by Gasteiger charge is -2.02. The van der Waals surface area contributed by atoms with Crippen molar-refractivity contribution >= 4 is 35.8 Å². The number of carbonyl (C=O) groups is 2. The number of hydrogen-bond donors (Lipinski definition) is 1. The van der Waals surface area contributed by atoms with Crippen molar-refractivity contribution in [3.05, 3.63) is 34.2 Å². The van der Waals surface area contributed by atoms with Crippen LogP contribution >= 0.6 is 12.6 Å². The van der Waals surface area contributed by atoms with Crippen LogP contribution in [0.1, 0.15) is 17.2 Å². The van der Waals surface area contributed by atoms with Gasteiger partial charge in [-0.25, -0.2) is 0 Å². The van der Waals surface area contributed by atoms with Crippen molar-refractivity contribution in [3.63, 3.8) is 0 Å². The Balaban J connectivity index is 2.57. The molecule has 3 heteroatoms. The number of thiol groups is 1. The highest BCUT2D eigenvalue weighted by atomic mass is 32.1. The predicted octanol–water partition coefficient (Wildman–Crippen LogP) is 0.144. The van der Waals surface area contributed by atoms with E-state index in [1.54, 1.807) is 0 Å². The summed E-state index contributed by atoms with van der Waals surface area (Å²) in [5, 5.41) is 1.36. The molecule has 0 bridgehead atoms. The summed E-state index contributed by atoms with van der Waals surface area (Å²) >= 11 is 4.26.